The van der Waals surface area contributed by atoms with E-state index < -0.39 is 39.8 Å². The van der Waals surface area contributed by atoms with Crippen molar-refractivity contribution in [2.75, 3.05) is 52.2 Å². The average molecular weight is 1270 g/mol. The Labute approximate surface area is 533 Å². The van der Waals surface area contributed by atoms with Gasteiger partial charge in [-0.2, -0.15) is 0 Å². The van der Waals surface area contributed by atoms with Gasteiger partial charge in [0.2, 0.25) is 10.0 Å². The first-order valence-corrected chi connectivity index (χ1v) is 30.6. The van der Waals surface area contributed by atoms with Crippen molar-refractivity contribution in [3.8, 4) is 11.5 Å². The van der Waals surface area contributed by atoms with Gasteiger partial charge in [0.25, 0.3) is 5.91 Å². The van der Waals surface area contributed by atoms with Crippen LogP contribution in [0.25, 0.3) is 0 Å². The third-order valence-electron chi connectivity index (χ3n) is 13.9. The number of nitrogens with zero attached hydrogens (tertiary/aromatic N) is 1. The Morgan fingerprint density at radius 1 is 0.467 bits per heavy atom. The smallest absolute Gasteiger partial charge is 0.336 e. The van der Waals surface area contributed by atoms with E-state index in [0.717, 1.165) is 29.4 Å². The normalized spacial score (nSPS) is 10.9. The van der Waals surface area contributed by atoms with Gasteiger partial charge in [0.1, 0.15) is 24.7 Å². The molecule has 0 saturated heterocycles. The number of carbonyl (C=O) groups is 8. The van der Waals surface area contributed by atoms with E-state index in [0.29, 0.717) is 41.9 Å². The molecule has 0 aliphatic heterocycles. The lowest BCUT2D eigenvalue weighted by atomic mass is 9.95. The zero-order chi connectivity index (χ0) is 67.3. The highest BCUT2D eigenvalue weighted by Crippen LogP contribution is 2.23. The SMILES string of the molecule is CCC(C)c1ccc(CC(=O)c2ccccc2C(=O)O)cc1.CN(Cc1cccc(CC(=O)c2ccccc2C(=O)O)c1)S(C)(=O)=O.COCCOc1ccc(CC(=O)c2ccccc2C(=O)O)cc1.O=C(O)c1ccccc1C(=O)Nc1ccc(OCCO)cc1. The molecular formula is C71H72N2O18S. The van der Waals surface area contributed by atoms with Crippen LogP contribution in [0.1, 0.15) is 137 Å². The van der Waals surface area contributed by atoms with Gasteiger partial charge >= 0.3 is 23.9 Å². The first-order chi connectivity index (χ1) is 43.9. The highest BCUT2D eigenvalue weighted by Gasteiger charge is 2.21. The standard InChI is InChI=1S/C19H20O3.C18H19NO5S.C18H18O5.C16H15NO5/c1-3-13(2)15-10-8-14(9-11-15)12-18(20)16-6-4-5-7-17(16)19(21)22;1-19(25(2,23)24)12-14-7-5-6-13(10-14)11-17(20)15-8-3-4-9-16(15)18(21)22;1-22-10-11-23-14-8-6-13(7-9-14)12-17(19)15-4-2-3-5-16(15)18(20)21;18-9-10-22-12-7-5-11(6-8-12)17-15(19)13-3-1-2-4-14(13)16(20)21/h4-11,13H,3,12H2,1-2H3,(H,21,22);3-10H,11-12H2,1-2H3,(H,21,22);2-9H,10-12H2,1H3,(H,20,21);1-8,18H,9-10H2,(H,17,19)(H,20,21). The number of hydrogen-bond donors (Lipinski definition) is 6. The monoisotopic (exact) mass is 1270 g/mol. The number of aliphatic hydroxyl groups excluding tert-OH is 1. The van der Waals surface area contributed by atoms with Crippen molar-refractivity contribution >= 4 is 62.8 Å². The number of nitrogens with one attached hydrogen (secondary N) is 1. The van der Waals surface area contributed by atoms with Gasteiger partial charge < -0.3 is 45.1 Å². The molecule has 0 fully saturated rings. The van der Waals surface area contributed by atoms with Crippen LogP contribution in [0.15, 0.2) is 194 Å². The Morgan fingerprint density at radius 3 is 1.24 bits per heavy atom. The second-order valence-corrected chi connectivity index (χ2v) is 22.7. The zero-order valence-electron chi connectivity index (χ0n) is 51.3. The predicted octanol–water partition coefficient (Wildman–Crippen LogP) is 11.4. The Morgan fingerprint density at radius 2 is 0.837 bits per heavy atom. The van der Waals surface area contributed by atoms with Crippen molar-refractivity contribution in [2.45, 2.75) is 52.0 Å². The number of hydrogen-bond acceptors (Lipinski definition) is 14. The number of benzene rings is 8. The summed E-state index contributed by atoms with van der Waals surface area (Å²) in [5.74, 6) is -3.91. The van der Waals surface area contributed by atoms with Crippen LogP contribution in [0.5, 0.6) is 11.5 Å². The van der Waals surface area contributed by atoms with Crippen LogP contribution in [0, 0.1) is 0 Å². The number of carboxylic acid groups (broad SMARTS) is 4. The van der Waals surface area contributed by atoms with Crippen molar-refractivity contribution in [3.63, 3.8) is 0 Å². The molecule has 21 heteroatoms. The van der Waals surface area contributed by atoms with E-state index >= 15 is 0 Å². The molecule has 0 radical (unpaired) electrons. The van der Waals surface area contributed by atoms with E-state index in [-0.39, 0.29) is 101 Å². The zero-order valence-corrected chi connectivity index (χ0v) is 52.1. The van der Waals surface area contributed by atoms with Crippen LogP contribution >= 0.6 is 0 Å². The van der Waals surface area contributed by atoms with Crippen LogP contribution in [0.4, 0.5) is 5.69 Å². The van der Waals surface area contributed by atoms with Crippen LogP contribution in [-0.2, 0) is 40.6 Å². The molecule has 1 amide bonds. The van der Waals surface area contributed by atoms with Crippen molar-refractivity contribution in [2.24, 2.45) is 0 Å². The summed E-state index contributed by atoms with van der Waals surface area (Å²) in [5.41, 5.74) is 5.67. The summed E-state index contributed by atoms with van der Waals surface area (Å²) in [6, 6.07) is 53.4. The number of methoxy groups -OCH3 is 1. The molecule has 1 unspecified atom stereocenters. The maximum absolute atomic E-state index is 12.5. The van der Waals surface area contributed by atoms with Crippen molar-refractivity contribution in [1.29, 1.82) is 0 Å². The lowest BCUT2D eigenvalue weighted by Crippen LogP contribution is -2.24. The van der Waals surface area contributed by atoms with Crippen molar-refractivity contribution in [3.05, 3.63) is 266 Å². The Kier molecular flexibility index (Phi) is 28.5. The molecule has 0 aliphatic carbocycles. The van der Waals surface area contributed by atoms with Crippen molar-refractivity contribution in [1.82, 2.24) is 4.31 Å². The van der Waals surface area contributed by atoms with E-state index in [9.17, 15) is 51.9 Å². The van der Waals surface area contributed by atoms with E-state index in [1.54, 1.807) is 135 Å². The summed E-state index contributed by atoms with van der Waals surface area (Å²) >= 11 is 0. The maximum Gasteiger partial charge on any atom is 0.336 e. The van der Waals surface area contributed by atoms with Gasteiger partial charge in [-0.15, -0.1) is 0 Å². The molecule has 0 heterocycles. The molecule has 0 bridgehead atoms. The van der Waals surface area contributed by atoms with Gasteiger partial charge in [0.15, 0.2) is 17.3 Å². The molecule has 0 aromatic heterocycles. The molecule has 1 atom stereocenters. The number of anilines is 1. The first kappa shape index (κ1) is 72.3. The summed E-state index contributed by atoms with van der Waals surface area (Å²) in [4.78, 5) is 94.0. The Bertz CT molecular complexity index is 3940. The quantitative estimate of drug-likeness (QED) is 0.0206. The van der Waals surface area contributed by atoms with Crippen LogP contribution in [0.3, 0.4) is 0 Å². The number of aromatic carboxylic acids is 4. The van der Waals surface area contributed by atoms with E-state index in [4.69, 9.17) is 34.6 Å². The minimum Gasteiger partial charge on any atom is -0.491 e. The number of carboxylic acids is 4. The van der Waals surface area contributed by atoms with Crippen LogP contribution < -0.4 is 14.8 Å². The van der Waals surface area contributed by atoms with Gasteiger partial charge in [-0.1, -0.05) is 141 Å². The van der Waals surface area contributed by atoms with Crippen LogP contribution in [0.2, 0.25) is 0 Å². The first-order valence-electron chi connectivity index (χ1n) is 28.8. The fourth-order valence-corrected chi connectivity index (χ4v) is 9.19. The number of ketones is 3. The minimum atomic E-state index is -3.29. The highest BCUT2D eigenvalue weighted by atomic mass is 32.2. The lowest BCUT2D eigenvalue weighted by Gasteiger charge is -2.14. The highest BCUT2D eigenvalue weighted by molar-refractivity contribution is 7.88. The van der Waals surface area contributed by atoms with E-state index in [1.165, 1.54) is 59.4 Å². The number of amides is 1. The topological polar surface area (TPSA) is 315 Å². The maximum atomic E-state index is 12.5. The number of rotatable bonds is 27. The molecule has 6 N–H and O–H groups in total. The van der Waals surface area contributed by atoms with Crippen LogP contribution in [-0.4, -0.2) is 132 Å². The van der Waals surface area contributed by atoms with Gasteiger partial charge in [0.05, 0.1) is 47.3 Å². The molecule has 92 heavy (non-hydrogen) atoms. The number of ether oxygens (including phenoxy) is 3. The largest absolute Gasteiger partial charge is 0.491 e. The predicted molar refractivity (Wildman–Crippen MR) is 346 cm³/mol. The molecule has 8 rings (SSSR count). The van der Waals surface area contributed by atoms with E-state index in [2.05, 4.69) is 19.2 Å². The summed E-state index contributed by atoms with van der Waals surface area (Å²) in [7, 11) is -0.207. The number of Topliss-reactive ketones (excluding diaryl/α,β-unsaturated/α-hetero) is 3. The summed E-state index contributed by atoms with van der Waals surface area (Å²) in [6.45, 7) is 5.59. The number of carbonyl (C=O) groups excluding carboxylic acids is 4. The minimum absolute atomic E-state index is 0.0250. The third kappa shape index (κ3) is 22.9. The van der Waals surface area contributed by atoms with Gasteiger partial charge in [0, 0.05) is 62.3 Å². The third-order valence-corrected chi connectivity index (χ3v) is 15.2. The van der Waals surface area contributed by atoms with Crippen molar-refractivity contribution < 1.29 is 86.5 Å². The molecule has 480 valence electrons. The Hall–Kier alpha value is -10.5. The van der Waals surface area contributed by atoms with Gasteiger partial charge in [-0.05, 0) is 107 Å². The fraction of sp³-hybridized carbons (Fsp3) is 0.211. The second kappa shape index (κ2) is 36.3. The average Bonchev–Trinajstić information content (AvgIpc) is 1.25. The second-order valence-electron chi connectivity index (χ2n) is 20.6. The Balaban J connectivity index is 0.000000223. The van der Waals surface area contributed by atoms with Gasteiger partial charge in [-0.25, -0.2) is 31.9 Å². The molecule has 0 saturated carbocycles. The molecule has 20 nitrogen and oxygen atoms in total. The molecule has 0 spiro atoms. The molecule has 0 aliphatic rings. The summed E-state index contributed by atoms with van der Waals surface area (Å²) < 4.78 is 39.8. The summed E-state index contributed by atoms with van der Waals surface area (Å²) in [5, 5.41) is 47.9. The lowest BCUT2D eigenvalue weighted by molar-refractivity contribution is 0.0683. The van der Waals surface area contributed by atoms with Gasteiger partial charge in [-0.3, -0.25) is 19.2 Å². The van der Waals surface area contributed by atoms with E-state index in [1.807, 2.05) is 24.3 Å². The number of aliphatic hydroxyl groups is 1. The number of sulfonamides is 1. The molecule has 8 aromatic rings. The fourth-order valence-electron chi connectivity index (χ4n) is 8.80. The molecule has 8 aromatic carbocycles. The summed E-state index contributed by atoms with van der Waals surface area (Å²) in [6.07, 6.45) is 2.60. The molecular weight excluding hydrogens is 1200 g/mol.